The average Bonchev–Trinajstić information content (AvgIpc) is 3.07. The fourth-order valence-corrected chi connectivity index (χ4v) is 2.72. The highest BCUT2D eigenvalue weighted by Crippen LogP contribution is 2.28. The van der Waals surface area contributed by atoms with E-state index in [-0.39, 0.29) is 12.6 Å². The van der Waals surface area contributed by atoms with Crippen molar-refractivity contribution in [2.24, 2.45) is 0 Å². The van der Waals surface area contributed by atoms with Crippen molar-refractivity contribution in [3.05, 3.63) is 24.3 Å². The van der Waals surface area contributed by atoms with Crippen molar-refractivity contribution in [2.75, 3.05) is 29.9 Å². The summed E-state index contributed by atoms with van der Waals surface area (Å²) in [6.07, 6.45) is 3.63. The number of rotatable bonds is 6. The Kier molecular flexibility index (Phi) is 5.66. The summed E-state index contributed by atoms with van der Waals surface area (Å²) in [5, 5.41) is 15.9. The monoisotopic (exact) mass is 305 g/mol. The van der Waals surface area contributed by atoms with Crippen molar-refractivity contribution < 1.29 is 9.90 Å². The third-order valence-electron chi connectivity index (χ3n) is 4.49. The molecule has 5 nitrogen and oxygen atoms in total. The standard InChI is InChI=1S/C17H27N3O2/c1-3-17(22,4-2)13-18-16(21)19-14-9-5-6-10-15(14)20-11-7-8-12-20/h5-6,9-10,22H,3-4,7-8,11-13H2,1-2H3,(H2,18,19,21). The van der Waals surface area contributed by atoms with Crippen molar-refractivity contribution in [3.8, 4) is 0 Å². The molecule has 22 heavy (non-hydrogen) atoms. The number of amides is 2. The van der Waals surface area contributed by atoms with Crippen LogP contribution in [0.25, 0.3) is 0 Å². The third kappa shape index (κ3) is 4.13. The van der Waals surface area contributed by atoms with Crippen molar-refractivity contribution in [1.82, 2.24) is 5.32 Å². The van der Waals surface area contributed by atoms with Crippen molar-refractivity contribution in [1.29, 1.82) is 0 Å². The molecule has 1 heterocycles. The van der Waals surface area contributed by atoms with Gasteiger partial charge in [0.25, 0.3) is 0 Å². The number of nitrogens with one attached hydrogen (secondary N) is 2. The lowest BCUT2D eigenvalue weighted by Gasteiger charge is -2.26. The van der Waals surface area contributed by atoms with Crippen molar-refractivity contribution in [2.45, 2.75) is 45.1 Å². The zero-order chi connectivity index (χ0) is 16.0. The first-order valence-electron chi connectivity index (χ1n) is 8.19. The zero-order valence-corrected chi connectivity index (χ0v) is 13.6. The summed E-state index contributed by atoms with van der Waals surface area (Å²) in [5.74, 6) is 0. The first kappa shape index (κ1) is 16.6. The van der Waals surface area contributed by atoms with Gasteiger partial charge in [0.2, 0.25) is 0 Å². The molecule has 2 rings (SSSR count). The number of nitrogens with zero attached hydrogens (tertiary/aromatic N) is 1. The summed E-state index contributed by atoms with van der Waals surface area (Å²) >= 11 is 0. The van der Waals surface area contributed by atoms with Gasteiger partial charge in [-0.05, 0) is 37.8 Å². The molecule has 0 spiro atoms. The smallest absolute Gasteiger partial charge is 0.319 e. The fourth-order valence-electron chi connectivity index (χ4n) is 2.72. The number of carbonyl (C=O) groups excluding carboxylic acids is 1. The van der Waals surface area contributed by atoms with Crippen LogP contribution in [0.2, 0.25) is 0 Å². The van der Waals surface area contributed by atoms with Crippen LogP contribution >= 0.6 is 0 Å². The summed E-state index contributed by atoms with van der Waals surface area (Å²) in [4.78, 5) is 14.4. The Morgan fingerprint density at radius 1 is 1.23 bits per heavy atom. The number of anilines is 2. The minimum absolute atomic E-state index is 0.262. The number of benzene rings is 1. The van der Waals surface area contributed by atoms with Crippen LogP contribution in [0.15, 0.2) is 24.3 Å². The van der Waals surface area contributed by atoms with Crippen LogP contribution in [0.3, 0.4) is 0 Å². The lowest BCUT2D eigenvalue weighted by molar-refractivity contribution is 0.0354. The van der Waals surface area contributed by atoms with Gasteiger partial charge in [0.15, 0.2) is 0 Å². The number of carbonyl (C=O) groups is 1. The third-order valence-corrected chi connectivity index (χ3v) is 4.49. The van der Waals surface area contributed by atoms with E-state index < -0.39 is 5.60 Å². The molecule has 0 unspecified atom stereocenters. The highest BCUT2D eigenvalue weighted by molar-refractivity contribution is 5.93. The Bertz CT molecular complexity index is 494. The molecule has 1 saturated heterocycles. The number of urea groups is 1. The summed E-state index contributed by atoms with van der Waals surface area (Å²) in [6.45, 7) is 6.17. The molecular formula is C17H27N3O2. The molecule has 0 aromatic heterocycles. The van der Waals surface area contributed by atoms with E-state index >= 15 is 0 Å². The molecular weight excluding hydrogens is 278 g/mol. The van der Waals surface area contributed by atoms with Gasteiger partial charge in [-0.3, -0.25) is 0 Å². The average molecular weight is 305 g/mol. The topological polar surface area (TPSA) is 64.6 Å². The number of hydrogen-bond donors (Lipinski definition) is 3. The van der Waals surface area contributed by atoms with Gasteiger partial charge in [-0.25, -0.2) is 4.79 Å². The molecule has 0 saturated carbocycles. The van der Waals surface area contributed by atoms with Gasteiger partial charge < -0.3 is 20.6 Å². The maximum atomic E-state index is 12.1. The summed E-state index contributed by atoms with van der Waals surface area (Å²) in [7, 11) is 0. The molecule has 122 valence electrons. The largest absolute Gasteiger partial charge is 0.388 e. The van der Waals surface area contributed by atoms with E-state index in [0.717, 1.165) is 24.5 Å². The molecule has 0 aliphatic carbocycles. The molecule has 0 atom stereocenters. The fraction of sp³-hybridized carbons (Fsp3) is 0.588. The predicted octanol–water partition coefficient (Wildman–Crippen LogP) is 2.96. The minimum Gasteiger partial charge on any atom is -0.388 e. The second kappa shape index (κ2) is 7.49. The van der Waals surface area contributed by atoms with Crippen LogP contribution in [0, 0.1) is 0 Å². The van der Waals surface area contributed by atoms with Crippen LogP contribution in [-0.2, 0) is 0 Å². The Morgan fingerprint density at radius 2 is 1.86 bits per heavy atom. The van der Waals surface area contributed by atoms with Gasteiger partial charge in [-0.1, -0.05) is 26.0 Å². The molecule has 1 fully saturated rings. The van der Waals surface area contributed by atoms with E-state index in [1.807, 2.05) is 38.1 Å². The molecule has 0 radical (unpaired) electrons. The van der Waals surface area contributed by atoms with Gasteiger partial charge in [-0.2, -0.15) is 0 Å². The highest BCUT2D eigenvalue weighted by Gasteiger charge is 2.23. The highest BCUT2D eigenvalue weighted by atomic mass is 16.3. The van der Waals surface area contributed by atoms with Crippen molar-refractivity contribution in [3.63, 3.8) is 0 Å². The van der Waals surface area contributed by atoms with E-state index in [2.05, 4.69) is 15.5 Å². The first-order chi connectivity index (χ1) is 10.6. The van der Waals surface area contributed by atoms with Gasteiger partial charge >= 0.3 is 6.03 Å². The number of para-hydroxylation sites is 2. The Morgan fingerprint density at radius 3 is 2.50 bits per heavy atom. The number of aliphatic hydroxyl groups is 1. The van der Waals surface area contributed by atoms with Gasteiger partial charge in [-0.15, -0.1) is 0 Å². The maximum absolute atomic E-state index is 12.1. The van der Waals surface area contributed by atoms with Gasteiger partial charge in [0.1, 0.15) is 0 Å². The summed E-state index contributed by atoms with van der Waals surface area (Å²) < 4.78 is 0. The van der Waals surface area contributed by atoms with Crippen molar-refractivity contribution >= 4 is 17.4 Å². The van der Waals surface area contributed by atoms with Gasteiger partial charge in [0, 0.05) is 19.6 Å². The molecule has 2 amide bonds. The summed E-state index contributed by atoms with van der Waals surface area (Å²) in [6, 6.07) is 7.59. The quantitative estimate of drug-likeness (QED) is 0.757. The predicted molar refractivity (Wildman–Crippen MR) is 90.4 cm³/mol. The molecule has 1 aliphatic rings. The Balaban J connectivity index is 1.97. The van der Waals surface area contributed by atoms with Crippen LogP contribution < -0.4 is 15.5 Å². The molecule has 5 heteroatoms. The van der Waals surface area contributed by atoms with E-state index in [4.69, 9.17) is 0 Å². The minimum atomic E-state index is -0.828. The molecule has 3 N–H and O–H groups in total. The van der Waals surface area contributed by atoms with Gasteiger partial charge in [0.05, 0.1) is 17.0 Å². The van der Waals surface area contributed by atoms with E-state index in [0.29, 0.717) is 12.8 Å². The summed E-state index contributed by atoms with van der Waals surface area (Å²) in [5.41, 5.74) is 1.06. The Hall–Kier alpha value is -1.75. The second-order valence-electron chi connectivity index (χ2n) is 5.95. The SMILES string of the molecule is CCC(O)(CC)CNC(=O)Nc1ccccc1N1CCCC1. The molecule has 1 aromatic rings. The second-order valence-corrected chi connectivity index (χ2v) is 5.95. The first-order valence-corrected chi connectivity index (χ1v) is 8.19. The molecule has 1 aromatic carbocycles. The molecule has 1 aliphatic heterocycles. The van der Waals surface area contributed by atoms with E-state index in [9.17, 15) is 9.90 Å². The lowest BCUT2D eigenvalue weighted by atomic mass is 9.98. The van der Waals surface area contributed by atoms with Crippen LogP contribution in [0.4, 0.5) is 16.2 Å². The number of hydrogen-bond acceptors (Lipinski definition) is 3. The van der Waals surface area contributed by atoms with E-state index in [1.54, 1.807) is 0 Å². The van der Waals surface area contributed by atoms with Crippen LogP contribution in [0.5, 0.6) is 0 Å². The van der Waals surface area contributed by atoms with Crippen LogP contribution in [-0.4, -0.2) is 36.4 Å². The van der Waals surface area contributed by atoms with Crippen LogP contribution in [0.1, 0.15) is 39.5 Å². The molecule has 0 bridgehead atoms. The zero-order valence-electron chi connectivity index (χ0n) is 13.6. The maximum Gasteiger partial charge on any atom is 0.319 e. The Labute approximate surface area is 132 Å². The van der Waals surface area contributed by atoms with E-state index in [1.165, 1.54) is 12.8 Å². The lowest BCUT2D eigenvalue weighted by Crippen LogP contribution is -2.43. The normalized spacial score (nSPS) is 15.0.